The maximum absolute atomic E-state index is 13.1. The number of allylic oxidation sites excluding steroid dienone is 10. The topological polar surface area (TPSA) is 108 Å². The first-order valence-corrected chi connectivity index (χ1v) is 39.1. The highest BCUT2D eigenvalue weighted by Crippen LogP contribution is 2.38. The maximum Gasteiger partial charge on any atom is 0.268 e. The molecule has 0 aromatic heterocycles. The number of rotatable bonds is 70. The minimum Gasteiger partial charge on any atom is -0.756 e. The number of phosphoric ester groups is 1. The highest BCUT2D eigenvalue weighted by Gasteiger charge is 2.24. The van der Waals surface area contributed by atoms with Gasteiger partial charge >= 0.3 is 0 Å². The Morgan fingerprint density at radius 2 is 0.709 bits per heavy atom. The van der Waals surface area contributed by atoms with Gasteiger partial charge in [0.1, 0.15) is 13.2 Å². The molecule has 0 bridgehead atoms. The number of nitrogens with one attached hydrogen (secondary N) is 1. The monoisotopic (exact) mass is 1230 g/mol. The quantitative estimate of drug-likeness (QED) is 0.0272. The molecule has 0 saturated carbocycles. The average Bonchev–Trinajstić information content (AvgIpc) is 3.70. The second kappa shape index (κ2) is 67.6. The molecule has 3 atom stereocenters. The fourth-order valence-electron chi connectivity index (χ4n) is 11.5. The molecule has 86 heavy (non-hydrogen) atoms. The summed E-state index contributed by atoms with van der Waals surface area (Å²) < 4.78 is 23.6. The van der Waals surface area contributed by atoms with Crippen molar-refractivity contribution in [2.45, 2.75) is 386 Å². The minimum atomic E-state index is -4.58. The number of hydrogen-bond donors (Lipinski definition) is 2. The van der Waals surface area contributed by atoms with Crippen LogP contribution in [-0.4, -0.2) is 68.5 Å². The van der Waals surface area contributed by atoms with Gasteiger partial charge < -0.3 is 28.8 Å². The van der Waals surface area contributed by atoms with Gasteiger partial charge in [-0.1, -0.05) is 370 Å². The molecule has 0 heterocycles. The molecule has 0 rings (SSSR count). The van der Waals surface area contributed by atoms with Crippen LogP contribution in [0.4, 0.5) is 0 Å². The zero-order valence-electron chi connectivity index (χ0n) is 58.0. The number of carbonyl (C=O) groups is 1. The van der Waals surface area contributed by atoms with Crippen molar-refractivity contribution in [3.63, 3.8) is 0 Å². The molecule has 0 aliphatic rings. The molecule has 2 N–H and O–H groups in total. The smallest absolute Gasteiger partial charge is 0.268 e. The summed E-state index contributed by atoms with van der Waals surface area (Å²) in [7, 11) is 1.32. The number of aliphatic hydroxyl groups excluding tert-OH is 1. The molecular weight excluding hydrogens is 1080 g/mol. The van der Waals surface area contributed by atoms with Crippen molar-refractivity contribution < 1.29 is 32.9 Å². The van der Waals surface area contributed by atoms with E-state index in [0.29, 0.717) is 23.9 Å². The largest absolute Gasteiger partial charge is 0.756 e. The van der Waals surface area contributed by atoms with E-state index in [-0.39, 0.29) is 19.1 Å². The normalized spacial score (nSPS) is 13.9. The first-order valence-electron chi connectivity index (χ1n) is 37.6. The fraction of sp³-hybridized carbons (Fsp3) is 0.857. The van der Waals surface area contributed by atoms with Crippen LogP contribution < -0.4 is 10.2 Å². The van der Waals surface area contributed by atoms with E-state index in [9.17, 15) is 19.4 Å². The Morgan fingerprint density at radius 3 is 1.03 bits per heavy atom. The van der Waals surface area contributed by atoms with Crippen molar-refractivity contribution in [2.75, 3.05) is 40.9 Å². The number of likely N-dealkylation sites (N-methyl/N-ethyl adjacent to an activating group) is 1. The van der Waals surface area contributed by atoms with E-state index in [2.05, 4.69) is 79.9 Å². The predicted molar refractivity (Wildman–Crippen MR) is 376 cm³/mol. The van der Waals surface area contributed by atoms with Crippen molar-refractivity contribution in [3.8, 4) is 0 Å². The zero-order valence-corrected chi connectivity index (χ0v) is 58.9. The standard InChI is InChI=1S/C77H147N2O6P/c1-6-8-10-12-14-16-18-20-22-24-26-28-30-32-34-35-36-37-38-39-40-41-42-43-45-47-49-51-53-55-57-59-61-63-65-67-69-71-77(81)78-75(74-85-86(82,83)84-73-72-79(3,4)5)76(80)70-68-66-64-62-60-58-56-54-52-50-48-46-44-33-31-29-27-25-23-21-19-17-15-13-11-9-7-2/h8,10,14,16,20,22,26,28,32,34,75-76,80H,6-7,9,11-13,15,17-19,21,23-25,27,29-31,33,35-74H2,1-5H3,(H-,78,81,82,83)/b10-8-,16-14-,22-20-,28-26-,34-32-. The molecular formula is C77H147N2O6P. The van der Waals surface area contributed by atoms with Crippen molar-refractivity contribution in [1.29, 1.82) is 0 Å². The SMILES string of the molecule is CC/C=C\C/C=C\C/C=C\C/C=C\C/C=C\CCCCCCCCCCCCCCCCCCCCCCCC(=O)NC(COP(=O)([O-])OCC[N+](C)(C)C)C(O)CCCCCCCCCCCCCCCCCCCCCCCCCCCCC. The third kappa shape index (κ3) is 69.7. The van der Waals surface area contributed by atoms with Gasteiger partial charge in [0.2, 0.25) is 5.91 Å². The van der Waals surface area contributed by atoms with Crippen molar-refractivity contribution in [2.24, 2.45) is 0 Å². The van der Waals surface area contributed by atoms with Gasteiger partial charge in [0.05, 0.1) is 39.9 Å². The molecule has 8 nitrogen and oxygen atoms in total. The molecule has 0 saturated heterocycles. The van der Waals surface area contributed by atoms with Crippen LogP contribution in [0.15, 0.2) is 60.8 Å². The molecule has 0 aromatic carbocycles. The Balaban J connectivity index is 3.95. The number of aliphatic hydroxyl groups is 1. The number of hydrogen-bond acceptors (Lipinski definition) is 6. The second-order valence-corrected chi connectivity index (χ2v) is 28.4. The molecule has 506 valence electrons. The molecule has 9 heteroatoms. The summed E-state index contributed by atoms with van der Waals surface area (Å²) in [6.07, 6.45) is 93.2. The van der Waals surface area contributed by atoms with Gasteiger partial charge in [-0.25, -0.2) is 0 Å². The predicted octanol–water partition coefficient (Wildman–Crippen LogP) is 23.7. The summed E-state index contributed by atoms with van der Waals surface area (Å²) in [5, 5.41) is 14.1. The van der Waals surface area contributed by atoms with E-state index >= 15 is 0 Å². The van der Waals surface area contributed by atoms with Crippen molar-refractivity contribution in [3.05, 3.63) is 60.8 Å². The molecule has 1 amide bonds. The van der Waals surface area contributed by atoms with Crippen LogP contribution >= 0.6 is 7.82 Å². The van der Waals surface area contributed by atoms with Gasteiger partial charge in [-0.2, -0.15) is 0 Å². The Bertz CT molecular complexity index is 1590. The average molecular weight is 1230 g/mol. The van der Waals surface area contributed by atoms with E-state index < -0.39 is 20.0 Å². The van der Waals surface area contributed by atoms with Gasteiger partial charge in [-0.15, -0.1) is 0 Å². The molecule has 0 spiro atoms. The van der Waals surface area contributed by atoms with E-state index in [1.54, 1.807) is 0 Å². The summed E-state index contributed by atoms with van der Waals surface area (Å²) in [4.78, 5) is 25.7. The molecule has 0 aromatic rings. The van der Waals surface area contributed by atoms with E-state index in [4.69, 9.17) is 9.05 Å². The number of amides is 1. The summed E-state index contributed by atoms with van der Waals surface area (Å²) >= 11 is 0. The Hall–Kier alpha value is -1.80. The Morgan fingerprint density at radius 1 is 0.419 bits per heavy atom. The lowest BCUT2D eigenvalue weighted by atomic mass is 10.0. The van der Waals surface area contributed by atoms with Gasteiger partial charge in [0.25, 0.3) is 7.82 Å². The third-order valence-corrected chi connectivity index (χ3v) is 18.2. The first-order chi connectivity index (χ1) is 42.0. The van der Waals surface area contributed by atoms with Crippen molar-refractivity contribution in [1.82, 2.24) is 5.32 Å². The number of unbranched alkanes of at least 4 members (excludes halogenated alkanes) is 47. The lowest BCUT2D eigenvalue weighted by Crippen LogP contribution is -2.46. The summed E-state index contributed by atoms with van der Waals surface area (Å²) in [5.74, 6) is -0.157. The lowest BCUT2D eigenvalue weighted by molar-refractivity contribution is -0.870. The molecule has 3 unspecified atom stereocenters. The van der Waals surface area contributed by atoms with Crippen LogP contribution in [0.5, 0.6) is 0 Å². The maximum atomic E-state index is 13.1. The number of nitrogens with zero attached hydrogens (tertiary/aromatic N) is 1. The van der Waals surface area contributed by atoms with Crippen LogP contribution in [-0.2, 0) is 18.4 Å². The number of quaternary nitrogens is 1. The molecule has 0 aliphatic carbocycles. The highest BCUT2D eigenvalue weighted by atomic mass is 31.2. The Kier molecular flexibility index (Phi) is 66.2. The highest BCUT2D eigenvalue weighted by molar-refractivity contribution is 7.45. The molecule has 0 aliphatic heterocycles. The van der Waals surface area contributed by atoms with Crippen LogP contribution in [0.3, 0.4) is 0 Å². The Labute approximate surface area is 536 Å². The van der Waals surface area contributed by atoms with Crippen LogP contribution in [0.2, 0.25) is 0 Å². The van der Waals surface area contributed by atoms with E-state index in [1.807, 2.05) is 21.1 Å². The van der Waals surface area contributed by atoms with Gasteiger partial charge in [-0.3, -0.25) is 9.36 Å². The summed E-state index contributed by atoms with van der Waals surface area (Å²) in [6, 6.07) is -0.802. The van der Waals surface area contributed by atoms with E-state index in [1.165, 1.54) is 276 Å². The second-order valence-electron chi connectivity index (χ2n) is 27.0. The van der Waals surface area contributed by atoms with Crippen LogP contribution in [0.25, 0.3) is 0 Å². The third-order valence-electron chi connectivity index (χ3n) is 17.3. The fourth-order valence-corrected chi connectivity index (χ4v) is 12.2. The lowest BCUT2D eigenvalue weighted by Gasteiger charge is -2.30. The molecule has 0 fully saturated rings. The van der Waals surface area contributed by atoms with Crippen LogP contribution in [0, 0.1) is 0 Å². The zero-order chi connectivity index (χ0) is 62.6. The first kappa shape index (κ1) is 84.2. The van der Waals surface area contributed by atoms with Gasteiger partial charge in [0, 0.05) is 6.42 Å². The number of carbonyl (C=O) groups excluding carboxylic acids is 1. The minimum absolute atomic E-state index is 0.0136. The summed E-state index contributed by atoms with van der Waals surface area (Å²) in [6.45, 7) is 4.66. The molecule has 0 radical (unpaired) electrons. The van der Waals surface area contributed by atoms with Gasteiger partial charge in [-0.05, 0) is 57.8 Å². The number of phosphoric acid groups is 1. The van der Waals surface area contributed by atoms with E-state index in [0.717, 1.165) is 70.6 Å². The summed E-state index contributed by atoms with van der Waals surface area (Å²) in [5.41, 5.74) is 0. The van der Waals surface area contributed by atoms with Gasteiger partial charge in [0.15, 0.2) is 0 Å². The van der Waals surface area contributed by atoms with Crippen molar-refractivity contribution >= 4 is 13.7 Å². The van der Waals surface area contributed by atoms with Crippen LogP contribution in [0.1, 0.15) is 373 Å².